The van der Waals surface area contributed by atoms with Crippen LogP contribution < -0.4 is 4.90 Å². The topological polar surface area (TPSA) is 46.1 Å². The van der Waals surface area contributed by atoms with Crippen molar-refractivity contribution in [3.05, 3.63) is 46.1 Å². The lowest BCUT2D eigenvalue weighted by Gasteiger charge is -2.22. The van der Waals surface area contributed by atoms with E-state index >= 15 is 0 Å². The van der Waals surface area contributed by atoms with Gasteiger partial charge in [0.05, 0.1) is 5.75 Å². The minimum absolute atomic E-state index is 0.148. The monoisotopic (exact) mass is 425 g/mol. The molecule has 0 radical (unpaired) electrons. The molecule has 0 saturated heterocycles. The first-order valence-corrected chi connectivity index (χ1v) is 12.0. The summed E-state index contributed by atoms with van der Waals surface area (Å²) in [5.74, 6) is 1.65. The van der Waals surface area contributed by atoms with Crippen molar-refractivity contribution in [2.45, 2.75) is 64.4 Å². The Morgan fingerprint density at radius 1 is 1.31 bits per heavy atom. The molecular weight excluding hydrogens is 398 g/mol. The van der Waals surface area contributed by atoms with Crippen LogP contribution in [0.3, 0.4) is 0 Å². The van der Waals surface area contributed by atoms with Crippen molar-refractivity contribution < 1.29 is 4.79 Å². The van der Waals surface area contributed by atoms with E-state index in [-0.39, 0.29) is 17.9 Å². The molecule has 3 aromatic rings. The van der Waals surface area contributed by atoms with Crippen molar-refractivity contribution in [1.29, 1.82) is 0 Å². The van der Waals surface area contributed by atoms with Gasteiger partial charge in [-0.25, -0.2) is 9.97 Å². The number of rotatable bonds is 5. The summed E-state index contributed by atoms with van der Waals surface area (Å²) >= 11 is 3.30. The summed E-state index contributed by atoms with van der Waals surface area (Å²) in [7, 11) is 0. The molecule has 0 spiro atoms. The zero-order valence-electron chi connectivity index (χ0n) is 17.7. The average molecular weight is 426 g/mol. The van der Waals surface area contributed by atoms with Gasteiger partial charge in [0.15, 0.2) is 0 Å². The van der Waals surface area contributed by atoms with Crippen LogP contribution in [0, 0.1) is 6.92 Å². The fourth-order valence-corrected chi connectivity index (χ4v) is 6.19. The molecule has 1 aliphatic heterocycles. The quantitative estimate of drug-likeness (QED) is 0.385. The molecule has 0 fully saturated rings. The first-order valence-electron chi connectivity index (χ1n) is 10.2. The standard InChI is InChI=1S/C23H27N3OS2/c1-6-17-15(5)29-23-20(17)22(24-21(25-23)13(2)3)28-12-19(27)26-14(4)11-16-9-7-8-10-18(16)26/h7-10,13-14H,6,11-12H2,1-5H3. The van der Waals surface area contributed by atoms with Gasteiger partial charge in [0.2, 0.25) is 5.91 Å². The van der Waals surface area contributed by atoms with Gasteiger partial charge in [-0.1, -0.05) is 50.7 Å². The van der Waals surface area contributed by atoms with Crippen molar-refractivity contribution in [3.63, 3.8) is 0 Å². The molecule has 1 amide bonds. The Morgan fingerprint density at radius 2 is 2.07 bits per heavy atom. The van der Waals surface area contributed by atoms with E-state index in [1.165, 1.54) is 16.0 Å². The summed E-state index contributed by atoms with van der Waals surface area (Å²) < 4.78 is 0. The second kappa shape index (κ2) is 8.07. The Balaban J connectivity index is 1.65. The minimum Gasteiger partial charge on any atom is -0.308 e. The normalized spacial score (nSPS) is 16.1. The molecule has 1 unspecified atom stereocenters. The molecule has 0 bridgehead atoms. The summed E-state index contributed by atoms with van der Waals surface area (Å²) in [6, 6.07) is 8.43. The number of aromatic nitrogens is 2. The van der Waals surface area contributed by atoms with E-state index in [9.17, 15) is 4.79 Å². The van der Waals surface area contributed by atoms with Gasteiger partial charge in [-0.3, -0.25) is 4.79 Å². The number of carbonyl (C=O) groups is 1. The molecule has 0 saturated carbocycles. The zero-order chi connectivity index (χ0) is 20.7. The third kappa shape index (κ3) is 3.68. The Labute approximate surface area is 180 Å². The number of fused-ring (bicyclic) bond motifs is 2. The molecular formula is C23H27N3OS2. The van der Waals surface area contributed by atoms with Gasteiger partial charge < -0.3 is 4.90 Å². The van der Waals surface area contributed by atoms with Gasteiger partial charge in [-0.05, 0) is 43.9 Å². The molecule has 4 rings (SSSR count). The lowest BCUT2D eigenvalue weighted by molar-refractivity contribution is -0.116. The molecule has 0 N–H and O–H groups in total. The maximum absolute atomic E-state index is 13.2. The smallest absolute Gasteiger partial charge is 0.237 e. The van der Waals surface area contributed by atoms with Crippen LogP contribution in [-0.2, 0) is 17.6 Å². The van der Waals surface area contributed by atoms with E-state index in [1.54, 1.807) is 23.1 Å². The van der Waals surface area contributed by atoms with Crippen LogP contribution in [0.15, 0.2) is 29.3 Å². The number of hydrogen-bond donors (Lipinski definition) is 0. The SMILES string of the molecule is CCc1c(C)sc2nc(C(C)C)nc(SCC(=O)N3c4ccccc4CC3C)c12. The third-order valence-electron chi connectivity index (χ3n) is 5.51. The van der Waals surface area contributed by atoms with Crippen molar-refractivity contribution in [2.75, 3.05) is 10.7 Å². The summed E-state index contributed by atoms with van der Waals surface area (Å²) in [6.07, 6.45) is 1.87. The lowest BCUT2D eigenvalue weighted by Crippen LogP contribution is -2.37. The molecule has 152 valence electrons. The first-order chi connectivity index (χ1) is 13.9. The molecule has 4 nitrogen and oxygen atoms in total. The van der Waals surface area contributed by atoms with E-state index in [0.717, 1.165) is 39.6 Å². The summed E-state index contributed by atoms with van der Waals surface area (Å²) in [6.45, 7) is 10.7. The summed E-state index contributed by atoms with van der Waals surface area (Å²) in [5.41, 5.74) is 3.63. The minimum atomic E-state index is 0.148. The highest BCUT2D eigenvalue weighted by atomic mass is 32.2. The van der Waals surface area contributed by atoms with Crippen LogP contribution >= 0.6 is 23.1 Å². The fourth-order valence-electron chi connectivity index (χ4n) is 4.08. The highest BCUT2D eigenvalue weighted by Crippen LogP contribution is 2.38. The Hall–Kier alpha value is -1.92. The van der Waals surface area contributed by atoms with Crippen molar-refractivity contribution in [1.82, 2.24) is 9.97 Å². The van der Waals surface area contributed by atoms with Crippen LogP contribution in [0.1, 0.15) is 55.4 Å². The van der Waals surface area contributed by atoms with Crippen LogP contribution in [0.25, 0.3) is 10.2 Å². The first kappa shape index (κ1) is 20.4. The molecule has 3 heterocycles. The van der Waals surface area contributed by atoms with E-state index in [0.29, 0.717) is 5.75 Å². The van der Waals surface area contributed by atoms with Crippen LogP contribution in [0.4, 0.5) is 5.69 Å². The Morgan fingerprint density at radius 3 is 2.79 bits per heavy atom. The molecule has 1 atom stereocenters. The molecule has 1 aliphatic rings. The maximum atomic E-state index is 13.2. The fraction of sp³-hybridized carbons (Fsp3) is 0.435. The van der Waals surface area contributed by atoms with Crippen LogP contribution in [0.5, 0.6) is 0 Å². The average Bonchev–Trinajstić information content (AvgIpc) is 3.20. The number of amides is 1. The largest absolute Gasteiger partial charge is 0.308 e. The van der Waals surface area contributed by atoms with Gasteiger partial charge in [0.25, 0.3) is 0 Å². The predicted molar refractivity (Wildman–Crippen MR) is 123 cm³/mol. The number of carbonyl (C=O) groups excluding carboxylic acids is 1. The Bertz CT molecular complexity index is 1070. The molecule has 29 heavy (non-hydrogen) atoms. The highest BCUT2D eigenvalue weighted by Gasteiger charge is 2.30. The number of para-hydroxylation sites is 1. The van der Waals surface area contributed by atoms with Crippen molar-refractivity contribution in [2.24, 2.45) is 0 Å². The van der Waals surface area contributed by atoms with Crippen molar-refractivity contribution >= 4 is 44.9 Å². The maximum Gasteiger partial charge on any atom is 0.237 e. The zero-order valence-corrected chi connectivity index (χ0v) is 19.3. The van der Waals surface area contributed by atoms with E-state index in [1.807, 2.05) is 17.0 Å². The van der Waals surface area contributed by atoms with Gasteiger partial charge in [-0.2, -0.15) is 0 Å². The molecule has 1 aromatic carbocycles. The second-order valence-corrected chi connectivity index (χ2v) is 10.1. The predicted octanol–water partition coefficient (Wildman–Crippen LogP) is 5.76. The third-order valence-corrected chi connectivity index (χ3v) is 7.52. The number of benzene rings is 1. The van der Waals surface area contributed by atoms with E-state index < -0.39 is 0 Å². The molecule has 0 aliphatic carbocycles. The van der Waals surface area contributed by atoms with Crippen LogP contribution in [-0.4, -0.2) is 27.7 Å². The van der Waals surface area contributed by atoms with Gasteiger partial charge in [0.1, 0.15) is 15.7 Å². The lowest BCUT2D eigenvalue weighted by atomic mass is 10.1. The Kier molecular flexibility index (Phi) is 5.67. The van der Waals surface area contributed by atoms with Gasteiger partial charge in [0, 0.05) is 27.9 Å². The summed E-state index contributed by atoms with van der Waals surface area (Å²) in [4.78, 5) is 27.2. The van der Waals surface area contributed by atoms with Gasteiger partial charge >= 0.3 is 0 Å². The summed E-state index contributed by atoms with van der Waals surface area (Å²) in [5, 5.41) is 2.10. The van der Waals surface area contributed by atoms with Crippen LogP contribution in [0.2, 0.25) is 0 Å². The number of thioether (sulfide) groups is 1. The molecule has 2 aromatic heterocycles. The molecule has 6 heteroatoms. The number of anilines is 1. The number of nitrogens with zero attached hydrogens (tertiary/aromatic N) is 3. The van der Waals surface area contributed by atoms with E-state index in [2.05, 4.69) is 46.8 Å². The number of aryl methyl sites for hydroxylation is 2. The number of hydrogen-bond acceptors (Lipinski definition) is 5. The second-order valence-electron chi connectivity index (χ2n) is 7.95. The van der Waals surface area contributed by atoms with Gasteiger partial charge in [-0.15, -0.1) is 11.3 Å². The number of thiophene rings is 1. The van der Waals surface area contributed by atoms with Crippen molar-refractivity contribution in [3.8, 4) is 0 Å². The highest BCUT2D eigenvalue weighted by molar-refractivity contribution is 8.00. The van der Waals surface area contributed by atoms with E-state index in [4.69, 9.17) is 9.97 Å².